The Morgan fingerprint density at radius 1 is 1.17 bits per heavy atom. The van der Waals surface area contributed by atoms with Crippen molar-refractivity contribution in [3.05, 3.63) is 47.6 Å². The maximum absolute atomic E-state index is 6.28. The molecule has 1 heteroatoms. The lowest BCUT2D eigenvalue weighted by Gasteiger charge is -2.36. The van der Waals surface area contributed by atoms with Gasteiger partial charge in [0.25, 0.3) is 0 Å². The van der Waals surface area contributed by atoms with Crippen LogP contribution in [-0.2, 0) is 0 Å². The van der Waals surface area contributed by atoms with E-state index in [9.17, 15) is 0 Å². The van der Waals surface area contributed by atoms with Crippen molar-refractivity contribution in [2.45, 2.75) is 45.1 Å². The zero-order chi connectivity index (χ0) is 12.6. The Kier molecular flexibility index (Phi) is 2.77. The third kappa shape index (κ3) is 1.88. The minimum absolute atomic E-state index is 0.237. The maximum Gasteiger partial charge on any atom is 0.146 e. The van der Waals surface area contributed by atoms with Crippen LogP contribution in [0.1, 0.15) is 45.1 Å². The lowest BCUT2D eigenvalue weighted by Crippen LogP contribution is -2.35. The van der Waals surface area contributed by atoms with Crippen molar-refractivity contribution in [2.24, 2.45) is 0 Å². The Morgan fingerprint density at radius 3 is 2.78 bits per heavy atom. The fourth-order valence-electron chi connectivity index (χ4n) is 3.08. The molecule has 0 saturated heterocycles. The molecule has 1 aliphatic carbocycles. The van der Waals surface area contributed by atoms with E-state index in [1.54, 1.807) is 0 Å². The van der Waals surface area contributed by atoms with Crippen LogP contribution < -0.4 is 4.74 Å². The molecule has 0 radical (unpaired) electrons. The van der Waals surface area contributed by atoms with E-state index in [1.165, 1.54) is 42.4 Å². The summed E-state index contributed by atoms with van der Waals surface area (Å²) < 4.78 is 6.28. The third-order valence-electron chi connectivity index (χ3n) is 4.05. The molecule has 0 unspecified atom stereocenters. The molecule has 1 aromatic rings. The number of fused-ring (bicyclic) bond motifs is 1. The van der Waals surface area contributed by atoms with Crippen molar-refractivity contribution in [2.75, 3.05) is 0 Å². The first kappa shape index (κ1) is 11.6. The molecule has 1 aliphatic heterocycles. The molecule has 0 spiro atoms. The highest BCUT2D eigenvalue weighted by Gasteiger charge is 2.33. The largest absolute Gasteiger partial charge is 0.478 e. The number of hydrogen-bond acceptors (Lipinski definition) is 1. The number of hydrogen-bond donors (Lipinski definition) is 0. The number of para-hydroxylation sites is 1. The van der Waals surface area contributed by atoms with Crippen LogP contribution in [-0.4, -0.2) is 5.60 Å². The second-order valence-electron chi connectivity index (χ2n) is 5.51. The summed E-state index contributed by atoms with van der Waals surface area (Å²) >= 11 is 0. The van der Waals surface area contributed by atoms with Crippen LogP contribution in [0.15, 0.2) is 42.0 Å². The summed E-state index contributed by atoms with van der Waals surface area (Å²) in [6.07, 6.45) is 9.64. The van der Waals surface area contributed by atoms with E-state index in [1.807, 2.05) is 6.07 Å². The molecule has 0 saturated carbocycles. The molecule has 1 nitrogen and oxygen atoms in total. The summed E-state index contributed by atoms with van der Waals surface area (Å²) in [7, 11) is 0. The van der Waals surface area contributed by atoms with E-state index in [0.717, 1.165) is 5.75 Å². The van der Waals surface area contributed by atoms with Gasteiger partial charge in [0, 0.05) is 5.56 Å². The van der Waals surface area contributed by atoms with Crippen LogP contribution in [0.4, 0.5) is 0 Å². The Bertz CT molecular complexity index is 524. The first-order valence-electron chi connectivity index (χ1n) is 6.86. The van der Waals surface area contributed by atoms with Crippen LogP contribution >= 0.6 is 0 Å². The predicted octanol–water partition coefficient (Wildman–Crippen LogP) is 4.74. The lowest BCUT2D eigenvalue weighted by molar-refractivity contribution is 0.168. The van der Waals surface area contributed by atoms with E-state index >= 15 is 0 Å². The molecule has 2 aliphatic rings. The molecule has 3 rings (SSSR count). The normalized spacial score (nSPS) is 26.8. The van der Waals surface area contributed by atoms with Gasteiger partial charge in [-0.1, -0.05) is 24.3 Å². The van der Waals surface area contributed by atoms with Crippen LogP contribution in [0, 0.1) is 0 Å². The van der Waals surface area contributed by atoms with Gasteiger partial charge in [-0.2, -0.15) is 0 Å². The average Bonchev–Trinajstić information content (AvgIpc) is 2.40. The highest BCUT2D eigenvalue weighted by molar-refractivity contribution is 5.72. The SMILES string of the molecule is CC1=C[C@@](C)(C2=CCCCC2)Oc2ccccc21. The van der Waals surface area contributed by atoms with Crippen LogP contribution in [0.5, 0.6) is 5.75 Å². The molecule has 18 heavy (non-hydrogen) atoms. The fourth-order valence-corrected chi connectivity index (χ4v) is 3.08. The second-order valence-corrected chi connectivity index (χ2v) is 5.51. The standard InChI is InChI=1S/C17H20O/c1-13-12-17(2,14-8-4-3-5-9-14)18-16-11-7-6-10-15(13)16/h6-8,10-12H,3-5,9H2,1-2H3/t17-/m0/s1. The highest BCUT2D eigenvalue weighted by atomic mass is 16.5. The van der Waals surface area contributed by atoms with Gasteiger partial charge in [0.05, 0.1) is 0 Å². The molecule has 94 valence electrons. The number of benzene rings is 1. The minimum atomic E-state index is -0.237. The van der Waals surface area contributed by atoms with E-state index in [-0.39, 0.29) is 5.60 Å². The molecule has 1 atom stereocenters. The van der Waals surface area contributed by atoms with Crippen molar-refractivity contribution in [3.8, 4) is 5.75 Å². The number of rotatable bonds is 1. The van der Waals surface area contributed by atoms with E-state index in [4.69, 9.17) is 4.74 Å². The Balaban J connectivity index is 2.02. The van der Waals surface area contributed by atoms with Crippen molar-refractivity contribution in [1.82, 2.24) is 0 Å². The van der Waals surface area contributed by atoms with Gasteiger partial charge >= 0.3 is 0 Å². The average molecular weight is 240 g/mol. The molecule has 0 N–H and O–H groups in total. The van der Waals surface area contributed by atoms with Gasteiger partial charge in [-0.25, -0.2) is 0 Å². The van der Waals surface area contributed by atoms with Crippen LogP contribution in [0.25, 0.3) is 5.57 Å². The molecule has 1 heterocycles. The van der Waals surface area contributed by atoms with E-state index < -0.39 is 0 Å². The van der Waals surface area contributed by atoms with Gasteiger partial charge in [-0.15, -0.1) is 0 Å². The summed E-state index contributed by atoms with van der Waals surface area (Å²) in [5.41, 5.74) is 3.76. The molecule has 0 bridgehead atoms. The summed E-state index contributed by atoms with van der Waals surface area (Å²) in [6.45, 7) is 4.38. The summed E-state index contributed by atoms with van der Waals surface area (Å²) in [4.78, 5) is 0. The molecule has 0 amide bonds. The Labute approximate surface area is 109 Å². The summed E-state index contributed by atoms with van der Waals surface area (Å²) in [5.74, 6) is 1.02. The zero-order valence-corrected chi connectivity index (χ0v) is 11.2. The lowest BCUT2D eigenvalue weighted by atomic mass is 9.83. The Hall–Kier alpha value is -1.50. The third-order valence-corrected chi connectivity index (χ3v) is 4.05. The first-order valence-corrected chi connectivity index (χ1v) is 6.86. The fraction of sp³-hybridized carbons (Fsp3) is 0.412. The van der Waals surface area contributed by atoms with Gasteiger partial charge < -0.3 is 4.74 Å². The molecule has 0 fully saturated rings. The molecule has 0 aromatic heterocycles. The number of ether oxygens (including phenoxy) is 1. The minimum Gasteiger partial charge on any atom is -0.478 e. The topological polar surface area (TPSA) is 9.23 Å². The maximum atomic E-state index is 6.28. The monoisotopic (exact) mass is 240 g/mol. The summed E-state index contributed by atoms with van der Waals surface area (Å²) in [5, 5.41) is 0. The van der Waals surface area contributed by atoms with Gasteiger partial charge in [-0.05, 0) is 62.8 Å². The van der Waals surface area contributed by atoms with Crippen molar-refractivity contribution >= 4 is 5.57 Å². The van der Waals surface area contributed by atoms with Crippen molar-refractivity contribution in [1.29, 1.82) is 0 Å². The quantitative estimate of drug-likeness (QED) is 0.644. The predicted molar refractivity (Wildman–Crippen MR) is 75.7 cm³/mol. The van der Waals surface area contributed by atoms with E-state index in [0.29, 0.717) is 0 Å². The van der Waals surface area contributed by atoms with Gasteiger partial charge in [-0.3, -0.25) is 0 Å². The van der Waals surface area contributed by atoms with Crippen LogP contribution in [0.2, 0.25) is 0 Å². The van der Waals surface area contributed by atoms with Crippen molar-refractivity contribution in [3.63, 3.8) is 0 Å². The molecular weight excluding hydrogens is 220 g/mol. The molecular formula is C17H20O. The number of allylic oxidation sites excluding steroid dienone is 2. The zero-order valence-electron chi connectivity index (χ0n) is 11.2. The smallest absolute Gasteiger partial charge is 0.146 e. The van der Waals surface area contributed by atoms with E-state index in [2.05, 4.69) is 44.2 Å². The Morgan fingerprint density at radius 2 is 2.00 bits per heavy atom. The van der Waals surface area contributed by atoms with Crippen molar-refractivity contribution < 1.29 is 4.74 Å². The van der Waals surface area contributed by atoms with Gasteiger partial charge in [0.2, 0.25) is 0 Å². The second kappa shape index (κ2) is 4.31. The van der Waals surface area contributed by atoms with Gasteiger partial charge in [0.15, 0.2) is 0 Å². The first-order chi connectivity index (χ1) is 8.69. The highest BCUT2D eigenvalue weighted by Crippen LogP contribution is 2.41. The molecule has 1 aromatic carbocycles. The summed E-state index contributed by atoms with van der Waals surface area (Å²) in [6, 6.07) is 8.33. The van der Waals surface area contributed by atoms with Crippen LogP contribution in [0.3, 0.4) is 0 Å². The van der Waals surface area contributed by atoms with Gasteiger partial charge in [0.1, 0.15) is 11.4 Å².